The van der Waals surface area contributed by atoms with Crippen LogP contribution in [0.2, 0.25) is 0 Å². The molecule has 1 fully saturated rings. The number of hydrogen-bond donors (Lipinski definition) is 1. The number of hydrogen-bond acceptors (Lipinski definition) is 3. The molecule has 1 atom stereocenters. The van der Waals surface area contributed by atoms with Gasteiger partial charge in [0.25, 0.3) is 5.56 Å². The molecule has 96 valence electrons. The number of sulfone groups is 1. The Morgan fingerprint density at radius 1 is 1.39 bits per heavy atom. The number of halogens is 1. The Kier molecular flexibility index (Phi) is 2.34. The molecule has 18 heavy (non-hydrogen) atoms. The number of fused-ring (bicyclic) bond motifs is 1. The van der Waals surface area contributed by atoms with E-state index in [1.165, 1.54) is 16.8 Å². The van der Waals surface area contributed by atoms with E-state index in [9.17, 15) is 17.6 Å². The fourth-order valence-electron chi connectivity index (χ4n) is 2.34. The number of nitrogens with zero attached hydrogens (tertiary/aromatic N) is 1. The predicted octanol–water partition coefficient (Wildman–Crippen LogP) is 0.828. The summed E-state index contributed by atoms with van der Waals surface area (Å²) in [4.78, 5) is 12.0. The molecule has 0 radical (unpaired) electrons. The minimum Gasteiger partial charge on any atom is -0.295 e. The third kappa shape index (κ3) is 1.74. The highest BCUT2D eigenvalue weighted by Gasteiger charge is 2.30. The number of aromatic amines is 1. The summed E-state index contributed by atoms with van der Waals surface area (Å²) >= 11 is 0. The lowest BCUT2D eigenvalue weighted by Crippen LogP contribution is -2.23. The van der Waals surface area contributed by atoms with Gasteiger partial charge in [0.1, 0.15) is 5.82 Å². The minimum absolute atomic E-state index is 0.0395. The van der Waals surface area contributed by atoms with Crippen molar-refractivity contribution in [1.82, 2.24) is 9.78 Å². The number of aromatic nitrogens is 2. The molecule has 3 rings (SSSR count). The lowest BCUT2D eigenvalue weighted by molar-refractivity contribution is 0.490. The molecule has 2 heterocycles. The lowest BCUT2D eigenvalue weighted by atomic mass is 10.2. The average molecular weight is 270 g/mol. The van der Waals surface area contributed by atoms with Gasteiger partial charge in [-0.25, -0.2) is 17.5 Å². The first kappa shape index (κ1) is 11.5. The SMILES string of the molecule is O=c1c2cc(F)ccc2[nH]n1C1CCS(=O)(=O)C1. The van der Waals surface area contributed by atoms with Crippen molar-refractivity contribution < 1.29 is 12.8 Å². The van der Waals surface area contributed by atoms with Crippen molar-refractivity contribution >= 4 is 20.7 Å². The van der Waals surface area contributed by atoms with E-state index in [1.807, 2.05) is 0 Å². The Hall–Kier alpha value is -1.63. The Morgan fingerprint density at radius 3 is 2.83 bits per heavy atom. The van der Waals surface area contributed by atoms with E-state index in [2.05, 4.69) is 5.10 Å². The van der Waals surface area contributed by atoms with Crippen molar-refractivity contribution in [1.29, 1.82) is 0 Å². The summed E-state index contributed by atoms with van der Waals surface area (Å²) in [5, 5.41) is 3.09. The fraction of sp³-hybridized carbons (Fsp3) is 0.364. The highest BCUT2D eigenvalue weighted by atomic mass is 32.2. The topological polar surface area (TPSA) is 71.9 Å². The largest absolute Gasteiger partial charge is 0.295 e. The second-order valence-electron chi connectivity index (χ2n) is 4.53. The van der Waals surface area contributed by atoms with Crippen molar-refractivity contribution in [3.05, 3.63) is 34.4 Å². The van der Waals surface area contributed by atoms with Crippen molar-refractivity contribution in [2.45, 2.75) is 12.5 Å². The standard InChI is InChI=1S/C11H11FN2O3S/c12-7-1-2-10-9(5-7)11(15)14(13-10)8-3-4-18(16,17)6-8/h1-2,5,8,13H,3-4,6H2. The van der Waals surface area contributed by atoms with Crippen molar-refractivity contribution in [3.8, 4) is 0 Å². The van der Waals surface area contributed by atoms with Gasteiger partial charge < -0.3 is 0 Å². The summed E-state index contributed by atoms with van der Waals surface area (Å²) in [6, 6.07) is 3.52. The van der Waals surface area contributed by atoms with Crippen LogP contribution in [-0.4, -0.2) is 29.7 Å². The Labute approximate surface area is 102 Å². The Morgan fingerprint density at radius 2 is 2.17 bits per heavy atom. The summed E-state index contributed by atoms with van der Waals surface area (Å²) in [6.45, 7) is 0. The highest BCUT2D eigenvalue weighted by molar-refractivity contribution is 7.91. The average Bonchev–Trinajstić information content (AvgIpc) is 2.81. The normalized spacial score (nSPS) is 22.6. The van der Waals surface area contributed by atoms with E-state index in [1.54, 1.807) is 0 Å². The quantitative estimate of drug-likeness (QED) is 0.834. The highest BCUT2D eigenvalue weighted by Crippen LogP contribution is 2.22. The maximum atomic E-state index is 13.1. The molecule has 0 aliphatic carbocycles. The number of nitrogens with one attached hydrogen (secondary N) is 1. The van der Waals surface area contributed by atoms with Gasteiger partial charge in [0.05, 0.1) is 28.5 Å². The second kappa shape index (κ2) is 3.68. The summed E-state index contributed by atoms with van der Waals surface area (Å²) < 4.78 is 37.2. The van der Waals surface area contributed by atoms with Crippen LogP contribution in [0.15, 0.2) is 23.0 Å². The van der Waals surface area contributed by atoms with E-state index in [-0.39, 0.29) is 28.5 Å². The molecule has 0 bridgehead atoms. The molecule has 2 aromatic rings. The van der Waals surface area contributed by atoms with Gasteiger partial charge in [-0.15, -0.1) is 0 Å². The fourth-order valence-corrected chi connectivity index (χ4v) is 4.04. The monoisotopic (exact) mass is 270 g/mol. The lowest BCUT2D eigenvalue weighted by Gasteiger charge is -2.07. The van der Waals surface area contributed by atoms with Gasteiger partial charge in [-0.3, -0.25) is 9.89 Å². The van der Waals surface area contributed by atoms with Crippen molar-refractivity contribution in [3.63, 3.8) is 0 Å². The molecule has 1 aliphatic heterocycles. The molecule has 1 saturated heterocycles. The van der Waals surface area contributed by atoms with Crippen LogP contribution in [0.25, 0.3) is 10.9 Å². The molecular weight excluding hydrogens is 259 g/mol. The van der Waals surface area contributed by atoms with Crippen LogP contribution in [-0.2, 0) is 9.84 Å². The van der Waals surface area contributed by atoms with Gasteiger partial charge in [0.15, 0.2) is 9.84 Å². The second-order valence-corrected chi connectivity index (χ2v) is 6.76. The Bertz CT molecular complexity index is 775. The van der Waals surface area contributed by atoms with Gasteiger partial charge in [0, 0.05) is 0 Å². The number of benzene rings is 1. The van der Waals surface area contributed by atoms with Crippen LogP contribution in [0.4, 0.5) is 4.39 Å². The van der Waals surface area contributed by atoms with Gasteiger partial charge in [-0.2, -0.15) is 0 Å². The maximum Gasteiger partial charge on any atom is 0.274 e. The van der Waals surface area contributed by atoms with Crippen LogP contribution >= 0.6 is 0 Å². The molecular formula is C11H11FN2O3S. The van der Waals surface area contributed by atoms with Crippen LogP contribution in [0.3, 0.4) is 0 Å². The zero-order chi connectivity index (χ0) is 12.9. The first-order valence-corrected chi connectivity index (χ1v) is 7.39. The molecule has 1 N–H and O–H groups in total. The number of H-pyrrole nitrogens is 1. The molecule has 1 aromatic heterocycles. The van der Waals surface area contributed by atoms with Crippen molar-refractivity contribution in [2.75, 3.05) is 11.5 Å². The van der Waals surface area contributed by atoms with Gasteiger partial charge in [-0.05, 0) is 24.6 Å². The first-order chi connectivity index (χ1) is 8.46. The Balaban J connectivity index is 2.14. The summed E-state index contributed by atoms with van der Waals surface area (Å²) in [6.07, 6.45) is 0.414. The van der Waals surface area contributed by atoms with E-state index in [0.717, 1.165) is 6.07 Å². The van der Waals surface area contributed by atoms with E-state index in [0.29, 0.717) is 11.9 Å². The van der Waals surface area contributed by atoms with Crippen LogP contribution in [0, 0.1) is 5.82 Å². The van der Waals surface area contributed by atoms with Gasteiger partial charge >= 0.3 is 0 Å². The first-order valence-electron chi connectivity index (χ1n) is 5.56. The molecule has 5 nitrogen and oxygen atoms in total. The molecule has 1 aliphatic rings. The third-order valence-corrected chi connectivity index (χ3v) is 5.00. The molecule has 0 saturated carbocycles. The van der Waals surface area contributed by atoms with E-state index >= 15 is 0 Å². The van der Waals surface area contributed by atoms with Gasteiger partial charge in [-0.1, -0.05) is 0 Å². The van der Waals surface area contributed by atoms with Gasteiger partial charge in [0.2, 0.25) is 0 Å². The smallest absolute Gasteiger partial charge is 0.274 e. The zero-order valence-corrected chi connectivity index (χ0v) is 10.2. The van der Waals surface area contributed by atoms with Crippen LogP contribution in [0.1, 0.15) is 12.5 Å². The maximum absolute atomic E-state index is 13.1. The summed E-state index contributed by atoms with van der Waals surface area (Å²) in [5.41, 5.74) is 0.150. The zero-order valence-electron chi connectivity index (χ0n) is 9.39. The predicted molar refractivity (Wildman–Crippen MR) is 64.8 cm³/mol. The van der Waals surface area contributed by atoms with Crippen molar-refractivity contribution in [2.24, 2.45) is 0 Å². The summed E-state index contributed by atoms with van der Waals surface area (Å²) in [7, 11) is -3.06. The molecule has 1 unspecified atom stereocenters. The van der Waals surface area contributed by atoms with Crippen LogP contribution < -0.4 is 5.56 Å². The number of rotatable bonds is 1. The third-order valence-electron chi connectivity index (χ3n) is 3.25. The molecule has 0 amide bonds. The molecule has 0 spiro atoms. The minimum atomic E-state index is -3.06. The van der Waals surface area contributed by atoms with E-state index < -0.39 is 15.7 Å². The molecule has 1 aromatic carbocycles. The summed E-state index contributed by atoms with van der Waals surface area (Å²) in [5.74, 6) is -0.430. The van der Waals surface area contributed by atoms with Crippen LogP contribution in [0.5, 0.6) is 0 Å². The molecule has 7 heteroatoms. The van der Waals surface area contributed by atoms with E-state index in [4.69, 9.17) is 0 Å².